The molecule has 0 aromatic carbocycles. The third-order valence-electron chi connectivity index (χ3n) is 3.81. The fraction of sp³-hybridized carbons (Fsp3) is 0.786. The fourth-order valence-electron chi connectivity index (χ4n) is 2.57. The number of aromatic nitrogens is 3. The average molecular weight is 279 g/mol. The second-order valence-corrected chi connectivity index (χ2v) is 5.12. The van der Waals surface area contributed by atoms with Gasteiger partial charge in [0, 0.05) is 20.1 Å². The first-order chi connectivity index (χ1) is 9.76. The Bertz CT molecular complexity index is 426. The zero-order valence-corrected chi connectivity index (χ0v) is 12.7. The predicted molar refractivity (Wildman–Crippen MR) is 80.4 cm³/mol. The van der Waals surface area contributed by atoms with Crippen molar-refractivity contribution in [2.75, 3.05) is 37.0 Å². The second-order valence-electron chi connectivity index (χ2n) is 5.12. The van der Waals surface area contributed by atoms with Crippen molar-refractivity contribution < 1.29 is 4.74 Å². The van der Waals surface area contributed by atoms with Gasteiger partial charge in [-0.2, -0.15) is 15.0 Å². The Labute approximate surface area is 121 Å². The number of nitrogens with one attached hydrogen (secondary N) is 1. The van der Waals surface area contributed by atoms with E-state index in [2.05, 4.69) is 32.1 Å². The van der Waals surface area contributed by atoms with Crippen LogP contribution in [-0.2, 0) is 0 Å². The van der Waals surface area contributed by atoms with Crippen LogP contribution in [0.1, 0.15) is 39.5 Å². The maximum Gasteiger partial charge on any atom is 0.323 e. The van der Waals surface area contributed by atoms with Gasteiger partial charge in [0.2, 0.25) is 11.9 Å². The molecule has 2 rings (SSSR count). The summed E-state index contributed by atoms with van der Waals surface area (Å²) in [5.74, 6) is 2.12. The Morgan fingerprint density at radius 1 is 1.20 bits per heavy atom. The van der Waals surface area contributed by atoms with Crippen LogP contribution in [0.2, 0.25) is 0 Å². The van der Waals surface area contributed by atoms with Crippen molar-refractivity contribution in [1.29, 1.82) is 0 Å². The summed E-state index contributed by atoms with van der Waals surface area (Å²) in [5.41, 5.74) is 0. The van der Waals surface area contributed by atoms with Gasteiger partial charge in [0.25, 0.3) is 0 Å². The SMILES string of the molecule is CCOc1nc(NC)nc(N2CCCC(CC)CC2)n1. The van der Waals surface area contributed by atoms with Gasteiger partial charge < -0.3 is 15.0 Å². The predicted octanol–water partition coefficient (Wildman–Crippen LogP) is 2.33. The number of nitrogens with zero attached hydrogens (tertiary/aromatic N) is 4. The lowest BCUT2D eigenvalue weighted by atomic mass is 9.98. The molecular weight excluding hydrogens is 254 g/mol. The maximum absolute atomic E-state index is 5.42. The molecule has 2 heterocycles. The minimum absolute atomic E-state index is 0.401. The van der Waals surface area contributed by atoms with Gasteiger partial charge in [-0.3, -0.25) is 0 Å². The summed E-state index contributed by atoms with van der Waals surface area (Å²) < 4.78 is 5.42. The highest BCUT2D eigenvalue weighted by molar-refractivity contribution is 5.38. The molecule has 1 saturated heterocycles. The summed E-state index contributed by atoms with van der Waals surface area (Å²) in [5, 5.41) is 2.97. The quantitative estimate of drug-likeness (QED) is 0.892. The molecular formula is C14H25N5O. The number of ether oxygens (including phenoxy) is 1. The van der Waals surface area contributed by atoms with Gasteiger partial charge in [-0.15, -0.1) is 0 Å². The number of hydrogen-bond donors (Lipinski definition) is 1. The summed E-state index contributed by atoms with van der Waals surface area (Å²) >= 11 is 0. The maximum atomic E-state index is 5.42. The molecule has 1 aromatic rings. The van der Waals surface area contributed by atoms with E-state index >= 15 is 0 Å². The summed E-state index contributed by atoms with van der Waals surface area (Å²) in [6, 6.07) is 0.401. The average Bonchev–Trinajstić information content (AvgIpc) is 2.72. The van der Waals surface area contributed by atoms with E-state index in [0.717, 1.165) is 25.0 Å². The van der Waals surface area contributed by atoms with Crippen LogP contribution in [0.25, 0.3) is 0 Å². The first kappa shape index (κ1) is 14.8. The van der Waals surface area contributed by atoms with E-state index in [4.69, 9.17) is 4.74 Å². The van der Waals surface area contributed by atoms with Crippen molar-refractivity contribution >= 4 is 11.9 Å². The van der Waals surface area contributed by atoms with Gasteiger partial charge in [0.1, 0.15) is 0 Å². The molecule has 6 nitrogen and oxygen atoms in total. The van der Waals surface area contributed by atoms with Gasteiger partial charge in [-0.1, -0.05) is 13.3 Å². The van der Waals surface area contributed by atoms with Crippen molar-refractivity contribution in [2.45, 2.75) is 39.5 Å². The Hall–Kier alpha value is -1.59. The van der Waals surface area contributed by atoms with E-state index in [1.165, 1.54) is 25.7 Å². The highest BCUT2D eigenvalue weighted by Crippen LogP contribution is 2.23. The van der Waals surface area contributed by atoms with Gasteiger partial charge in [-0.05, 0) is 32.1 Å². The molecule has 1 fully saturated rings. The van der Waals surface area contributed by atoms with E-state index in [-0.39, 0.29) is 0 Å². The molecule has 0 amide bonds. The smallest absolute Gasteiger partial charge is 0.323 e. The molecule has 1 aliphatic heterocycles. The van der Waals surface area contributed by atoms with E-state index < -0.39 is 0 Å². The molecule has 1 aromatic heterocycles. The number of anilines is 2. The van der Waals surface area contributed by atoms with Gasteiger partial charge in [0.05, 0.1) is 6.61 Å². The van der Waals surface area contributed by atoms with Crippen LogP contribution in [0.5, 0.6) is 6.01 Å². The molecule has 1 N–H and O–H groups in total. The molecule has 1 atom stereocenters. The molecule has 0 radical (unpaired) electrons. The van der Waals surface area contributed by atoms with Crippen LogP contribution in [0, 0.1) is 5.92 Å². The summed E-state index contributed by atoms with van der Waals surface area (Å²) in [7, 11) is 1.81. The summed E-state index contributed by atoms with van der Waals surface area (Å²) in [4.78, 5) is 15.4. The van der Waals surface area contributed by atoms with Crippen molar-refractivity contribution in [3.05, 3.63) is 0 Å². The lowest BCUT2D eigenvalue weighted by Gasteiger charge is -2.21. The largest absolute Gasteiger partial charge is 0.464 e. The topological polar surface area (TPSA) is 63.2 Å². The Kier molecular flexibility index (Phi) is 5.38. The van der Waals surface area contributed by atoms with Crippen LogP contribution in [0.4, 0.5) is 11.9 Å². The van der Waals surface area contributed by atoms with E-state index in [9.17, 15) is 0 Å². The molecule has 0 saturated carbocycles. The lowest BCUT2D eigenvalue weighted by Crippen LogP contribution is -2.27. The van der Waals surface area contributed by atoms with Crippen molar-refractivity contribution in [2.24, 2.45) is 5.92 Å². The molecule has 1 aliphatic rings. The highest BCUT2D eigenvalue weighted by atomic mass is 16.5. The van der Waals surface area contributed by atoms with Crippen LogP contribution in [0.15, 0.2) is 0 Å². The molecule has 112 valence electrons. The number of rotatable bonds is 5. The van der Waals surface area contributed by atoms with Crippen molar-refractivity contribution in [1.82, 2.24) is 15.0 Å². The zero-order chi connectivity index (χ0) is 14.4. The lowest BCUT2D eigenvalue weighted by molar-refractivity contribution is 0.312. The minimum Gasteiger partial charge on any atom is -0.464 e. The summed E-state index contributed by atoms with van der Waals surface area (Å²) in [6.07, 6.45) is 4.97. The normalized spacial score (nSPS) is 19.6. The monoisotopic (exact) mass is 279 g/mol. The molecule has 0 aliphatic carbocycles. The van der Waals surface area contributed by atoms with E-state index in [1.807, 2.05) is 14.0 Å². The van der Waals surface area contributed by atoms with Crippen LogP contribution in [-0.4, -0.2) is 41.7 Å². The fourth-order valence-corrected chi connectivity index (χ4v) is 2.57. The molecule has 0 spiro atoms. The van der Waals surface area contributed by atoms with Crippen LogP contribution >= 0.6 is 0 Å². The van der Waals surface area contributed by atoms with Gasteiger partial charge >= 0.3 is 6.01 Å². The van der Waals surface area contributed by atoms with E-state index in [1.54, 1.807) is 0 Å². The van der Waals surface area contributed by atoms with E-state index in [0.29, 0.717) is 18.6 Å². The standard InChI is InChI=1S/C14H25N5O/c1-4-11-7-6-9-19(10-8-11)13-16-12(15-3)17-14(18-13)20-5-2/h11H,4-10H2,1-3H3,(H,15,16,17,18). The van der Waals surface area contributed by atoms with Crippen molar-refractivity contribution in [3.8, 4) is 6.01 Å². The minimum atomic E-state index is 0.401. The highest BCUT2D eigenvalue weighted by Gasteiger charge is 2.19. The van der Waals surface area contributed by atoms with Crippen LogP contribution < -0.4 is 15.0 Å². The molecule has 20 heavy (non-hydrogen) atoms. The molecule has 6 heteroatoms. The first-order valence-electron chi connectivity index (χ1n) is 7.58. The Morgan fingerprint density at radius 2 is 2.05 bits per heavy atom. The van der Waals surface area contributed by atoms with Crippen molar-refractivity contribution in [3.63, 3.8) is 0 Å². The molecule has 0 bridgehead atoms. The second kappa shape index (κ2) is 7.26. The van der Waals surface area contributed by atoms with Gasteiger partial charge in [0.15, 0.2) is 0 Å². The summed E-state index contributed by atoms with van der Waals surface area (Å²) in [6.45, 7) is 6.78. The van der Waals surface area contributed by atoms with Gasteiger partial charge in [-0.25, -0.2) is 0 Å². The first-order valence-corrected chi connectivity index (χ1v) is 7.58. The number of hydrogen-bond acceptors (Lipinski definition) is 6. The molecule has 1 unspecified atom stereocenters. The third kappa shape index (κ3) is 3.71. The Morgan fingerprint density at radius 3 is 2.75 bits per heavy atom. The van der Waals surface area contributed by atoms with Crippen LogP contribution in [0.3, 0.4) is 0 Å². The zero-order valence-electron chi connectivity index (χ0n) is 12.7. The Balaban J connectivity index is 2.15. The third-order valence-corrected chi connectivity index (χ3v) is 3.81.